The summed E-state index contributed by atoms with van der Waals surface area (Å²) < 4.78 is 1.67. The van der Waals surface area contributed by atoms with Crippen LogP contribution in [-0.2, 0) is 11.8 Å². The average Bonchev–Trinajstić information content (AvgIpc) is 3.09. The number of amides is 3. The van der Waals surface area contributed by atoms with Gasteiger partial charge in [0.15, 0.2) is 0 Å². The molecule has 26 heavy (non-hydrogen) atoms. The Hall–Kier alpha value is -2.09. The molecule has 1 fully saturated rings. The lowest BCUT2D eigenvalue weighted by atomic mass is 10.1. The molecule has 0 aliphatic carbocycles. The summed E-state index contributed by atoms with van der Waals surface area (Å²) in [5.41, 5.74) is 0.948. The predicted octanol–water partition coefficient (Wildman–Crippen LogP) is 1.61. The largest absolute Gasteiger partial charge is 0.338 e. The summed E-state index contributed by atoms with van der Waals surface area (Å²) >= 11 is 0. The quantitative estimate of drug-likeness (QED) is 0.734. The molecule has 0 aromatic carbocycles. The van der Waals surface area contributed by atoms with E-state index in [4.69, 9.17) is 0 Å². The highest BCUT2D eigenvalue weighted by molar-refractivity contribution is 5.88. The van der Waals surface area contributed by atoms with Crippen molar-refractivity contribution < 1.29 is 9.59 Å². The minimum absolute atomic E-state index is 0.215. The highest BCUT2D eigenvalue weighted by Crippen LogP contribution is 2.21. The third-order valence-corrected chi connectivity index (χ3v) is 4.74. The maximum Gasteiger partial charge on any atom is 0.320 e. The number of hydrogen-bond acceptors (Lipinski definition) is 4. The number of likely N-dealkylation sites (N-methyl/N-ethyl adjacent to an activating group) is 1. The fourth-order valence-electron chi connectivity index (χ4n) is 3.11. The minimum atomic E-state index is -0.243. The summed E-state index contributed by atoms with van der Waals surface area (Å²) in [5, 5.41) is 10.1. The van der Waals surface area contributed by atoms with Crippen LogP contribution in [0, 0.1) is 0 Å². The van der Waals surface area contributed by atoms with E-state index in [2.05, 4.69) is 34.5 Å². The molecule has 0 saturated carbocycles. The van der Waals surface area contributed by atoms with E-state index in [1.807, 2.05) is 32.1 Å². The second-order valence-corrected chi connectivity index (χ2v) is 7.49. The summed E-state index contributed by atoms with van der Waals surface area (Å²) in [7, 11) is 5.82. The van der Waals surface area contributed by atoms with E-state index in [0.717, 1.165) is 31.6 Å². The number of hydrogen-bond donors (Lipinski definition) is 2. The zero-order valence-electron chi connectivity index (χ0n) is 16.6. The number of aryl methyl sites for hydroxylation is 1. The molecule has 0 radical (unpaired) electrons. The summed E-state index contributed by atoms with van der Waals surface area (Å²) in [4.78, 5) is 28.2. The highest BCUT2D eigenvalue weighted by Gasteiger charge is 2.30. The molecule has 2 N–H and O–H groups in total. The molecule has 3 amide bonds. The zero-order valence-corrected chi connectivity index (χ0v) is 16.6. The van der Waals surface area contributed by atoms with Gasteiger partial charge in [-0.25, -0.2) is 4.79 Å². The van der Waals surface area contributed by atoms with Crippen LogP contribution in [0.15, 0.2) is 6.07 Å². The van der Waals surface area contributed by atoms with Crippen LogP contribution in [0.2, 0.25) is 0 Å². The normalized spacial score (nSPS) is 17.4. The third-order valence-electron chi connectivity index (χ3n) is 4.74. The molecule has 1 aromatic heterocycles. The van der Waals surface area contributed by atoms with E-state index in [-0.39, 0.29) is 18.0 Å². The van der Waals surface area contributed by atoms with Crippen molar-refractivity contribution in [2.75, 3.05) is 39.0 Å². The van der Waals surface area contributed by atoms with Gasteiger partial charge in [-0.15, -0.1) is 0 Å². The zero-order chi connectivity index (χ0) is 19.3. The highest BCUT2D eigenvalue weighted by atomic mass is 16.2. The van der Waals surface area contributed by atoms with E-state index < -0.39 is 0 Å². The Morgan fingerprint density at radius 1 is 1.42 bits per heavy atom. The molecule has 0 unspecified atom stereocenters. The van der Waals surface area contributed by atoms with Crippen LogP contribution in [0.25, 0.3) is 0 Å². The topological polar surface area (TPSA) is 82.5 Å². The van der Waals surface area contributed by atoms with Gasteiger partial charge in [0.2, 0.25) is 5.91 Å². The van der Waals surface area contributed by atoms with Crippen molar-refractivity contribution in [1.29, 1.82) is 0 Å². The van der Waals surface area contributed by atoms with Gasteiger partial charge in [-0.1, -0.05) is 13.8 Å². The van der Waals surface area contributed by atoms with Gasteiger partial charge in [0.25, 0.3) is 0 Å². The molecule has 1 saturated heterocycles. The molecule has 1 aliphatic rings. The van der Waals surface area contributed by atoms with Crippen molar-refractivity contribution >= 4 is 17.8 Å². The van der Waals surface area contributed by atoms with Crippen molar-refractivity contribution in [3.05, 3.63) is 11.8 Å². The van der Waals surface area contributed by atoms with E-state index in [1.165, 1.54) is 0 Å². The minimum Gasteiger partial charge on any atom is -0.338 e. The summed E-state index contributed by atoms with van der Waals surface area (Å²) in [6, 6.07) is 1.86. The second kappa shape index (κ2) is 9.02. The Balaban J connectivity index is 1.78. The maximum absolute atomic E-state index is 12.1. The number of likely N-dealkylation sites (tertiary alicyclic amines) is 1. The maximum atomic E-state index is 12.1. The number of nitrogens with zero attached hydrogens (tertiary/aromatic N) is 4. The van der Waals surface area contributed by atoms with Crippen LogP contribution in [0.5, 0.6) is 0 Å². The lowest BCUT2D eigenvalue weighted by Gasteiger charge is -2.26. The molecule has 2 heterocycles. The second-order valence-electron chi connectivity index (χ2n) is 7.49. The van der Waals surface area contributed by atoms with Gasteiger partial charge in [-0.05, 0) is 32.9 Å². The van der Waals surface area contributed by atoms with Crippen LogP contribution < -0.4 is 10.6 Å². The summed E-state index contributed by atoms with van der Waals surface area (Å²) in [6.45, 7) is 6.27. The van der Waals surface area contributed by atoms with Gasteiger partial charge >= 0.3 is 6.03 Å². The lowest BCUT2D eigenvalue weighted by Crippen LogP contribution is -2.40. The van der Waals surface area contributed by atoms with Gasteiger partial charge in [0.1, 0.15) is 5.82 Å². The van der Waals surface area contributed by atoms with E-state index in [1.54, 1.807) is 4.68 Å². The Kier molecular flexibility index (Phi) is 7.02. The van der Waals surface area contributed by atoms with Crippen LogP contribution in [0.1, 0.15) is 44.7 Å². The van der Waals surface area contributed by atoms with Crippen molar-refractivity contribution in [3.8, 4) is 0 Å². The first kappa shape index (κ1) is 20.2. The average molecular weight is 364 g/mol. The molecule has 146 valence electrons. The van der Waals surface area contributed by atoms with Crippen LogP contribution >= 0.6 is 0 Å². The van der Waals surface area contributed by atoms with Gasteiger partial charge in [-0.3, -0.25) is 14.8 Å². The first-order valence-corrected chi connectivity index (χ1v) is 9.31. The number of rotatable bonds is 8. The molecular formula is C18H32N6O2. The summed E-state index contributed by atoms with van der Waals surface area (Å²) in [5.74, 6) is 1.21. The van der Waals surface area contributed by atoms with E-state index >= 15 is 0 Å². The van der Waals surface area contributed by atoms with Gasteiger partial charge in [0, 0.05) is 45.2 Å². The molecule has 8 heteroatoms. The SMILES string of the molecule is CC(C)c1cc(NC(=O)NCC[C@H]2CCC(=O)N2CCN(C)C)n(C)n1. The van der Waals surface area contributed by atoms with Gasteiger partial charge in [0.05, 0.1) is 5.69 Å². The number of anilines is 1. The third kappa shape index (κ3) is 5.45. The Morgan fingerprint density at radius 2 is 2.15 bits per heavy atom. The van der Waals surface area contributed by atoms with Crippen molar-refractivity contribution in [3.63, 3.8) is 0 Å². The number of carbonyl (C=O) groups excluding carboxylic acids is 2. The van der Waals surface area contributed by atoms with E-state index in [0.29, 0.717) is 24.7 Å². The standard InChI is InChI=1S/C18H32N6O2/c1-13(2)15-12-16(23(5)21-15)20-18(26)19-9-8-14-6-7-17(25)24(14)11-10-22(3)4/h12-14H,6-11H2,1-5H3,(H2,19,20,26)/t14-/m1/s1. The molecule has 1 aromatic rings. The molecule has 1 atom stereocenters. The fraction of sp³-hybridized carbons (Fsp3) is 0.722. The van der Waals surface area contributed by atoms with E-state index in [9.17, 15) is 9.59 Å². The van der Waals surface area contributed by atoms with Gasteiger partial charge < -0.3 is 15.1 Å². The number of nitrogens with one attached hydrogen (secondary N) is 2. The molecule has 0 bridgehead atoms. The van der Waals surface area contributed by atoms with Crippen LogP contribution in [0.4, 0.5) is 10.6 Å². The number of urea groups is 1. The van der Waals surface area contributed by atoms with Crippen LogP contribution in [0.3, 0.4) is 0 Å². The summed E-state index contributed by atoms with van der Waals surface area (Å²) in [6.07, 6.45) is 2.25. The van der Waals surface area contributed by atoms with Gasteiger partial charge in [-0.2, -0.15) is 5.10 Å². The monoisotopic (exact) mass is 364 g/mol. The fourth-order valence-corrected chi connectivity index (χ4v) is 3.11. The predicted molar refractivity (Wildman–Crippen MR) is 102 cm³/mol. The Bertz CT molecular complexity index is 625. The van der Waals surface area contributed by atoms with Crippen LogP contribution in [-0.4, -0.2) is 71.3 Å². The Morgan fingerprint density at radius 3 is 2.77 bits per heavy atom. The molecule has 1 aliphatic heterocycles. The van der Waals surface area contributed by atoms with Crippen molar-refractivity contribution in [1.82, 2.24) is 24.9 Å². The molecule has 0 spiro atoms. The van der Waals surface area contributed by atoms with Crippen molar-refractivity contribution in [2.24, 2.45) is 7.05 Å². The molecule has 8 nitrogen and oxygen atoms in total. The smallest absolute Gasteiger partial charge is 0.320 e. The molecule has 2 rings (SSSR count). The first-order valence-electron chi connectivity index (χ1n) is 9.31. The number of aromatic nitrogens is 2. The first-order chi connectivity index (χ1) is 12.3. The lowest BCUT2D eigenvalue weighted by molar-refractivity contribution is -0.129. The molecular weight excluding hydrogens is 332 g/mol. The number of carbonyl (C=O) groups is 2. The Labute approximate surface area is 155 Å². The van der Waals surface area contributed by atoms with Crippen molar-refractivity contribution in [2.45, 2.75) is 45.1 Å².